The van der Waals surface area contributed by atoms with E-state index >= 15 is 0 Å². The molecule has 1 aromatic heterocycles. The zero-order valence-corrected chi connectivity index (χ0v) is 11.4. The molecule has 2 aromatic carbocycles. The van der Waals surface area contributed by atoms with Crippen molar-refractivity contribution < 1.29 is 22.1 Å². The number of aromatic nitrogens is 4. The van der Waals surface area contributed by atoms with Crippen molar-refractivity contribution in [2.24, 2.45) is 0 Å². The van der Waals surface area contributed by atoms with E-state index < -0.39 is 4.92 Å². The Kier molecular flexibility index (Phi) is 4.24. The summed E-state index contributed by atoms with van der Waals surface area (Å²) in [4.78, 5) is 11.8. The van der Waals surface area contributed by atoms with Gasteiger partial charge in [-0.15, -0.1) is 0 Å². The van der Waals surface area contributed by atoms with Gasteiger partial charge in [-0.1, -0.05) is 30.3 Å². The molecule has 0 saturated heterocycles. The number of halogens is 1. The Morgan fingerprint density at radius 1 is 1.05 bits per heavy atom. The molecule has 106 valence electrons. The van der Waals surface area contributed by atoms with E-state index in [9.17, 15) is 10.1 Å². The molecule has 1 N–H and O–H groups in total. The van der Waals surface area contributed by atoms with Crippen molar-refractivity contribution in [3.05, 3.63) is 64.7 Å². The number of hydrogen-bond acceptors (Lipinski definition) is 4. The van der Waals surface area contributed by atoms with Crippen LogP contribution in [-0.2, 0) is 0 Å². The van der Waals surface area contributed by atoms with Crippen molar-refractivity contribution in [2.45, 2.75) is 0 Å². The van der Waals surface area contributed by atoms with Crippen LogP contribution in [0.3, 0.4) is 0 Å². The van der Waals surface area contributed by atoms with Gasteiger partial charge in [-0.05, 0) is 23.0 Å². The van der Waals surface area contributed by atoms with Crippen molar-refractivity contribution in [1.29, 1.82) is 0 Å². The number of benzene rings is 2. The third kappa shape index (κ3) is 2.87. The Balaban J connectivity index is 0.00000161. The first-order chi connectivity index (χ1) is 9.75. The number of rotatable bonds is 3. The summed E-state index contributed by atoms with van der Waals surface area (Å²) in [7, 11) is 0. The first-order valence-electron chi connectivity index (χ1n) is 5.90. The average Bonchev–Trinajstić information content (AvgIpc) is 2.98. The van der Waals surface area contributed by atoms with Crippen molar-refractivity contribution in [2.75, 3.05) is 0 Å². The predicted octanol–water partition coefficient (Wildman–Crippen LogP) is -1.34. The molecule has 0 spiro atoms. The molecule has 0 aliphatic carbocycles. The van der Waals surface area contributed by atoms with Gasteiger partial charge in [0.2, 0.25) is 0 Å². The maximum atomic E-state index is 11.0. The normalized spacial score (nSPS) is 9.90. The van der Waals surface area contributed by atoms with Crippen LogP contribution in [0.4, 0.5) is 5.69 Å². The zero-order valence-electron chi connectivity index (χ0n) is 10.7. The lowest BCUT2D eigenvalue weighted by molar-refractivity contribution is -0.718. The van der Waals surface area contributed by atoms with E-state index in [4.69, 9.17) is 0 Å². The summed E-state index contributed by atoms with van der Waals surface area (Å²) in [5, 5.41) is 21.8. The highest BCUT2D eigenvalue weighted by Crippen LogP contribution is 2.17. The molecule has 0 atom stereocenters. The number of nitro groups is 1. The predicted molar refractivity (Wildman–Crippen MR) is 70.0 cm³/mol. The van der Waals surface area contributed by atoms with Crippen molar-refractivity contribution >= 4 is 5.69 Å². The second-order valence-electron chi connectivity index (χ2n) is 4.07. The minimum absolute atomic E-state index is 0. The van der Waals surface area contributed by atoms with Gasteiger partial charge in [0, 0.05) is 11.6 Å². The van der Waals surface area contributed by atoms with Gasteiger partial charge in [0.1, 0.15) is 0 Å². The molecule has 0 aliphatic heterocycles. The average molecular weight is 304 g/mol. The molecule has 1 heterocycles. The molecule has 7 nitrogen and oxygen atoms in total. The number of para-hydroxylation sites is 2. The first-order valence-corrected chi connectivity index (χ1v) is 5.90. The van der Waals surface area contributed by atoms with E-state index in [0.29, 0.717) is 11.5 Å². The third-order valence-electron chi connectivity index (χ3n) is 2.80. The van der Waals surface area contributed by atoms with Crippen LogP contribution in [0, 0.1) is 10.1 Å². The minimum Gasteiger partial charge on any atom is -1.00 e. The van der Waals surface area contributed by atoms with E-state index in [0.717, 1.165) is 5.56 Å². The van der Waals surface area contributed by atoms with Crippen molar-refractivity contribution in [1.82, 2.24) is 15.4 Å². The van der Waals surface area contributed by atoms with Crippen LogP contribution in [0.2, 0.25) is 0 Å². The molecular formula is C13H10ClN5O2. The fourth-order valence-corrected chi connectivity index (χ4v) is 1.86. The highest BCUT2D eigenvalue weighted by atomic mass is 35.5. The highest BCUT2D eigenvalue weighted by Gasteiger charge is 2.23. The molecule has 3 rings (SSSR count). The third-order valence-corrected chi connectivity index (χ3v) is 2.80. The summed E-state index contributed by atoms with van der Waals surface area (Å²) in [5.74, 6) is 0.545. The lowest BCUT2D eigenvalue weighted by Gasteiger charge is -1.94. The maximum Gasteiger partial charge on any atom is 0.320 e. The quantitative estimate of drug-likeness (QED) is 0.368. The molecule has 0 fully saturated rings. The van der Waals surface area contributed by atoms with E-state index in [1.807, 2.05) is 30.3 Å². The summed E-state index contributed by atoms with van der Waals surface area (Å²) < 4.78 is 0. The monoisotopic (exact) mass is 303 g/mol. The summed E-state index contributed by atoms with van der Waals surface area (Å²) in [6.45, 7) is 0. The second-order valence-corrected chi connectivity index (χ2v) is 4.07. The van der Waals surface area contributed by atoms with Gasteiger partial charge in [0.15, 0.2) is 5.21 Å². The molecule has 0 radical (unpaired) electrons. The Labute approximate surface area is 125 Å². The van der Waals surface area contributed by atoms with Gasteiger partial charge in [0.25, 0.3) is 5.69 Å². The number of H-pyrrole nitrogens is 1. The molecule has 21 heavy (non-hydrogen) atoms. The standard InChI is InChI=1S/C13H9N5O2.ClH/c19-18(20)12-9-5-4-8-11(12)17-15-13(14-16-17)10-6-2-1-3-7-10;/h1-9H;1H. The molecule has 0 aliphatic rings. The van der Waals surface area contributed by atoms with Crippen LogP contribution >= 0.6 is 0 Å². The van der Waals surface area contributed by atoms with Crippen molar-refractivity contribution in [3.63, 3.8) is 0 Å². The molecule has 3 aromatic rings. The Hall–Kier alpha value is -2.80. The second kappa shape index (κ2) is 6.10. The van der Waals surface area contributed by atoms with Crippen LogP contribution in [0.15, 0.2) is 54.6 Å². The topological polar surface area (TPSA) is 88.6 Å². The van der Waals surface area contributed by atoms with E-state index in [1.54, 1.807) is 18.2 Å². The van der Waals surface area contributed by atoms with Gasteiger partial charge in [-0.3, -0.25) is 10.1 Å². The minimum atomic E-state index is -0.451. The maximum absolute atomic E-state index is 11.0. The number of nitrogens with one attached hydrogen (secondary N) is 1. The number of nitro benzene ring substituents is 1. The van der Waals surface area contributed by atoms with Crippen molar-refractivity contribution in [3.8, 4) is 17.1 Å². The number of nitrogens with zero attached hydrogens (tertiary/aromatic N) is 4. The van der Waals surface area contributed by atoms with Crippen LogP contribution < -0.4 is 17.2 Å². The van der Waals surface area contributed by atoms with Crippen LogP contribution in [-0.4, -0.2) is 20.3 Å². The molecule has 0 amide bonds. The molecule has 0 unspecified atom stereocenters. The van der Waals surface area contributed by atoms with Gasteiger partial charge >= 0.3 is 11.5 Å². The summed E-state index contributed by atoms with van der Waals surface area (Å²) >= 11 is 0. The largest absolute Gasteiger partial charge is 1.00 e. The van der Waals surface area contributed by atoms with Crippen LogP contribution in [0.25, 0.3) is 17.1 Å². The SMILES string of the molecule is O=[N+]([O-])c1ccccc1-[n+]1nnc(-c2ccccc2)[nH]1.[Cl-]. The van der Waals surface area contributed by atoms with Gasteiger partial charge in [-0.2, -0.15) is 5.10 Å². The number of hydrogen-bond donors (Lipinski definition) is 1. The van der Waals surface area contributed by atoms with E-state index in [2.05, 4.69) is 15.4 Å². The highest BCUT2D eigenvalue weighted by molar-refractivity contribution is 5.53. The summed E-state index contributed by atoms with van der Waals surface area (Å²) in [6.07, 6.45) is 0. The molecule has 0 saturated carbocycles. The van der Waals surface area contributed by atoms with Gasteiger partial charge in [0.05, 0.1) is 10.0 Å². The zero-order chi connectivity index (χ0) is 13.9. The fraction of sp³-hybridized carbons (Fsp3) is 0. The Bertz CT molecular complexity index is 760. The number of aromatic amines is 1. The Morgan fingerprint density at radius 3 is 2.43 bits per heavy atom. The van der Waals surface area contributed by atoms with E-state index in [-0.39, 0.29) is 18.1 Å². The molecule has 8 heteroatoms. The smallest absolute Gasteiger partial charge is 0.320 e. The number of tetrazole rings is 1. The summed E-state index contributed by atoms with van der Waals surface area (Å²) in [5.41, 5.74) is 1.16. The summed E-state index contributed by atoms with van der Waals surface area (Å²) in [6, 6.07) is 15.8. The first kappa shape index (κ1) is 14.6. The van der Waals surface area contributed by atoms with Crippen LogP contribution in [0.5, 0.6) is 0 Å². The lowest BCUT2D eigenvalue weighted by atomic mass is 10.2. The van der Waals surface area contributed by atoms with Gasteiger partial charge in [-0.25, -0.2) is 0 Å². The van der Waals surface area contributed by atoms with Crippen LogP contribution in [0.1, 0.15) is 0 Å². The fourth-order valence-electron chi connectivity index (χ4n) is 1.86. The van der Waals surface area contributed by atoms with E-state index in [1.165, 1.54) is 10.9 Å². The lowest BCUT2D eigenvalue weighted by Crippen LogP contribution is -3.00. The van der Waals surface area contributed by atoms with Gasteiger partial charge < -0.3 is 12.4 Å². The Morgan fingerprint density at radius 2 is 1.71 bits per heavy atom. The molecular weight excluding hydrogens is 294 g/mol. The molecule has 0 bridgehead atoms.